The molecule has 0 amide bonds. The third-order valence-corrected chi connectivity index (χ3v) is 5.04. The summed E-state index contributed by atoms with van der Waals surface area (Å²) in [6.45, 7) is 2.12. The van der Waals surface area contributed by atoms with Crippen LogP contribution in [-0.2, 0) is 26.6 Å². The number of sulfonamides is 2. The molecule has 0 unspecified atom stereocenters. The van der Waals surface area contributed by atoms with Crippen molar-refractivity contribution < 1.29 is 16.8 Å². The minimum atomic E-state index is -3.66. The third kappa shape index (κ3) is 5.34. The van der Waals surface area contributed by atoms with E-state index in [-0.39, 0.29) is 11.4 Å². The Kier molecular flexibility index (Phi) is 5.08. The first-order valence-corrected chi connectivity index (χ1v) is 10.2. The van der Waals surface area contributed by atoms with Gasteiger partial charge in [0, 0.05) is 12.2 Å². The highest BCUT2D eigenvalue weighted by molar-refractivity contribution is 7.92. The molecule has 0 heterocycles. The number of nitrogens with one attached hydrogen (secondary N) is 2. The van der Waals surface area contributed by atoms with Crippen molar-refractivity contribution in [3.8, 4) is 0 Å². The molecule has 23 heavy (non-hydrogen) atoms. The molecule has 0 fully saturated rings. The summed E-state index contributed by atoms with van der Waals surface area (Å²) in [6.07, 6.45) is 1.03. The van der Waals surface area contributed by atoms with Crippen molar-refractivity contribution >= 4 is 25.7 Å². The fourth-order valence-corrected chi connectivity index (χ4v) is 3.58. The predicted octanol–water partition coefficient (Wildman–Crippen LogP) is 1.85. The molecule has 0 radical (unpaired) electrons. The van der Waals surface area contributed by atoms with Crippen LogP contribution in [0.4, 0.5) is 5.69 Å². The van der Waals surface area contributed by atoms with E-state index in [2.05, 4.69) is 9.44 Å². The molecule has 0 atom stereocenters. The van der Waals surface area contributed by atoms with Crippen LogP contribution in [-0.4, -0.2) is 23.1 Å². The molecule has 0 aliphatic heterocycles. The maximum Gasteiger partial charge on any atom is 0.240 e. The number of anilines is 1. The van der Waals surface area contributed by atoms with E-state index in [0.29, 0.717) is 5.69 Å². The molecule has 0 aromatic heterocycles. The summed E-state index contributed by atoms with van der Waals surface area (Å²) < 4.78 is 51.5. The van der Waals surface area contributed by atoms with Crippen LogP contribution in [0.15, 0.2) is 53.4 Å². The number of aryl methyl sites for hydroxylation is 1. The van der Waals surface area contributed by atoms with Gasteiger partial charge in [0.25, 0.3) is 0 Å². The topological polar surface area (TPSA) is 92.3 Å². The lowest BCUT2D eigenvalue weighted by atomic mass is 10.1. The van der Waals surface area contributed by atoms with E-state index >= 15 is 0 Å². The molecular formula is C15H18N2O4S2. The lowest BCUT2D eigenvalue weighted by Gasteiger charge is -2.09. The van der Waals surface area contributed by atoms with Gasteiger partial charge in [-0.15, -0.1) is 0 Å². The van der Waals surface area contributed by atoms with Crippen molar-refractivity contribution in [2.45, 2.75) is 18.4 Å². The van der Waals surface area contributed by atoms with Crippen molar-refractivity contribution in [2.75, 3.05) is 11.0 Å². The second-order valence-electron chi connectivity index (χ2n) is 5.21. The largest absolute Gasteiger partial charge is 0.284 e. The van der Waals surface area contributed by atoms with E-state index in [0.717, 1.165) is 17.4 Å². The fraction of sp³-hybridized carbons (Fsp3) is 0.200. The number of hydrogen-bond donors (Lipinski definition) is 2. The molecule has 124 valence electrons. The Morgan fingerprint density at radius 2 is 1.61 bits per heavy atom. The van der Waals surface area contributed by atoms with Crippen LogP contribution in [0, 0.1) is 6.92 Å². The Bertz CT molecular complexity index is 889. The van der Waals surface area contributed by atoms with E-state index in [1.165, 1.54) is 24.3 Å². The summed E-state index contributed by atoms with van der Waals surface area (Å²) >= 11 is 0. The first-order valence-electron chi connectivity index (χ1n) is 6.79. The Morgan fingerprint density at radius 1 is 0.957 bits per heavy atom. The van der Waals surface area contributed by atoms with Gasteiger partial charge in [0.2, 0.25) is 20.0 Å². The van der Waals surface area contributed by atoms with E-state index in [1.807, 2.05) is 31.2 Å². The maximum absolute atomic E-state index is 12.2. The van der Waals surface area contributed by atoms with Gasteiger partial charge in [0.05, 0.1) is 11.2 Å². The minimum Gasteiger partial charge on any atom is -0.284 e. The van der Waals surface area contributed by atoms with Gasteiger partial charge in [-0.25, -0.2) is 21.6 Å². The van der Waals surface area contributed by atoms with Crippen molar-refractivity contribution in [3.63, 3.8) is 0 Å². The summed E-state index contributed by atoms with van der Waals surface area (Å²) in [4.78, 5) is 0.0733. The summed E-state index contributed by atoms with van der Waals surface area (Å²) in [6, 6.07) is 13.1. The molecular weight excluding hydrogens is 336 g/mol. The van der Waals surface area contributed by atoms with E-state index in [9.17, 15) is 16.8 Å². The van der Waals surface area contributed by atoms with Gasteiger partial charge in [-0.1, -0.05) is 29.8 Å². The average Bonchev–Trinajstić information content (AvgIpc) is 2.44. The smallest absolute Gasteiger partial charge is 0.240 e. The highest BCUT2D eigenvalue weighted by Crippen LogP contribution is 2.15. The molecule has 2 rings (SSSR count). The molecule has 0 bridgehead atoms. The van der Waals surface area contributed by atoms with Gasteiger partial charge in [0.15, 0.2) is 0 Å². The van der Waals surface area contributed by atoms with Crippen molar-refractivity contribution in [2.24, 2.45) is 0 Å². The van der Waals surface area contributed by atoms with Crippen molar-refractivity contribution in [3.05, 3.63) is 59.7 Å². The van der Waals surface area contributed by atoms with Gasteiger partial charge in [0.1, 0.15) is 0 Å². The molecule has 0 aliphatic carbocycles. The van der Waals surface area contributed by atoms with Gasteiger partial charge in [-0.2, -0.15) is 0 Å². The van der Waals surface area contributed by atoms with Crippen LogP contribution >= 0.6 is 0 Å². The first kappa shape index (κ1) is 17.5. The Hall–Kier alpha value is -1.90. The van der Waals surface area contributed by atoms with E-state index in [4.69, 9.17) is 0 Å². The molecule has 0 spiro atoms. The molecule has 0 aliphatic rings. The Labute approximate surface area is 136 Å². The predicted molar refractivity (Wildman–Crippen MR) is 90.1 cm³/mol. The van der Waals surface area contributed by atoms with Crippen LogP contribution in [0.5, 0.6) is 0 Å². The zero-order chi connectivity index (χ0) is 17.1. The van der Waals surface area contributed by atoms with Gasteiger partial charge in [-0.3, -0.25) is 4.72 Å². The molecule has 2 aromatic rings. The third-order valence-electron chi connectivity index (χ3n) is 3.02. The minimum absolute atomic E-state index is 0.0733. The second-order valence-corrected chi connectivity index (χ2v) is 8.73. The lowest BCUT2D eigenvalue weighted by Crippen LogP contribution is -2.23. The standard InChI is InChI=1S/C15H18N2O4S2/c1-12-4-3-5-13(10-12)11-16-23(20,21)15-8-6-14(7-9-15)17-22(2,18)19/h3-10,16-17H,11H2,1-2H3. The summed E-state index contributed by atoms with van der Waals surface area (Å²) in [7, 11) is -7.05. The molecule has 0 saturated carbocycles. The number of benzene rings is 2. The second kappa shape index (κ2) is 6.69. The Balaban J connectivity index is 2.10. The molecule has 2 aromatic carbocycles. The van der Waals surface area contributed by atoms with Crippen molar-refractivity contribution in [1.29, 1.82) is 0 Å². The van der Waals surface area contributed by atoms with Gasteiger partial charge >= 0.3 is 0 Å². The van der Waals surface area contributed by atoms with Crippen LogP contribution in [0.3, 0.4) is 0 Å². The lowest BCUT2D eigenvalue weighted by molar-refractivity contribution is 0.581. The highest BCUT2D eigenvalue weighted by atomic mass is 32.2. The summed E-state index contributed by atoms with van der Waals surface area (Å²) in [5, 5.41) is 0. The zero-order valence-electron chi connectivity index (χ0n) is 12.8. The van der Waals surface area contributed by atoms with Gasteiger partial charge < -0.3 is 0 Å². The Morgan fingerprint density at radius 3 is 2.17 bits per heavy atom. The average molecular weight is 354 g/mol. The van der Waals surface area contributed by atoms with E-state index in [1.54, 1.807) is 0 Å². The van der Waals surface area contributed by atoms with Crippen LogP contribution in [0.1, 0.15) is 11.1 Å². The molecule has 0 saturated heterocycles. The van der Waals surface area contributed by atoms with Crippen LogP contribution in [0.2, 0.25) is 0 Å². The molecule has 8 heteroatoms. The number of hydrogen-bond acceptors (Lipinski definition) is 4. The van der Waals surface area contributed by atoms with Crippen LogP contribution < -0.4 is 9.44 Å². The van der Waals surface area contributed by atoms with Gasteiger partial charge in [-0.05, 0) is 36.8 Å². The van der Waals surface area contributed by atoms with Crippen molar-refractivity contribution in [1.82, 2.24) is 4.72 Å². The SMILES string of the molecule is Cc1cccc(CNS(=O)(=O)c2ccc(NS(C)(=O)=O)cc2)c1. The molecule has 6 nitrogen and oxygen atoms in total. The maximum atomic E-state index is 12.2. The van der Waals surface area contributed by atoms with Crippen LogP contribution in [0.25, 0.3) is 0 Å². The quantitative estimate of drug-likeness (QED) is 0.828. The fourth-order valence-electron chi connectivity index (χ4n) is 2.00. The van der Waals surface area contributed by atoms with E-state index < -0.39 is 20.0 Å². The first-order chi connectivity index (χ1) is 10.7. The highest BCUT2D eigenvalue weighted by Gasteiger charge is 2.14. The molecule has 2 N–H and O–H groups in total. The summed E-state index contributed by atoms with van der Waals surface area (Å²) in [5.41, 5.74) is 2.23. The zero-order valence-corrected chi connectivity index (χ0v) is 14.4. The summed E-state index contributed by atoms with van der Waals surface area (Å²) in [5.74, 6) is 0. The normalized spacial score (nSPS) is 12.1. The number of rotatable bonds is 6. The monoisotopic (exact) mass is 354 g/mol.